The van der Waals surface area contributed by atoms with Gasteiger partial charge in [-0.1, -0.05) is 0 Å². The lowest BCUT2D eigenvalue weighted by Gasteiger charge is -2.35. The van der Waals surface area contributed by atoms with Crippen molar-refractivity contribution in [2.75, 3.05) is 11.6 Å². The van der Waals surface area contributed by atoms with Crippen LogP contribution in [0.15, 0.2) is 29.4 Å². The van der Waals surface area contributed by atoms with Gasteiger partial charge in [-0.15, -0.1) is 0 Å². The zero-order valence-corrected chi connectivity index (χ0v) is 13.7. The Hall–Kier alpha value is -1.87. The first-order valence-corrected chi connectivity index (χ1v) is 9.35. The largest absolute Gasteiger partial charge is 0.385 e. The van der Waals surface area contributed by atoms with Gasteiger partial charge in [0.05, 0.1) is 16.5 Å². The molecule has 1 saturated carbocycles. The maximum absolute atomic E-state index is 13.7. The Morgan fingerprint density at radius 1 is 1.33 bits per heavy atom. The average Bonchev–Trinajstić information content (AvgIpc) is 2.51. The fourth-order valence-electron chi connectivity index (χ4n) is 2.87. The van der Waals surface area contributed by atoms with Crippen molar-refractivity contribution >= 4 is 26.6 Å². The van der Waals surface area contributed by atoms with E-state index in [1.54, 1.807) is 0 Å². The van der Waals surface area contributed by atoms with Gasteiger partial charge < -0.3 is 10.4 Å². The summed E-state index contributed by atoms with van der Waals surface area (Å²) in [5.41, 5.74) is 0.483. The molecule has 2 aromatic rings. The van der Waals surface area contributed by atoms with Crippen molar-refractivity contribution in [3.05, 3.63) is 24.5 Å². The molecule has 2 N–H and O–H groups in total. The Morgan fingerprint density at radius 3 is 2.79 bits per heavy atom. The smallest absolute Gasteiger partial charge is 0.275 e. The molecule has 1 aromatic carbocycles. The van der Waals surface area contributed by atoms with E-state index in [2.05, 4.69) is 15.3 Å². The summed E-state index contributed by atoms with van der Waals surface area (Å²) in [6.45, 7) is 0. The van der Waals surface area contributed by atoms with Crippen molar-refractivity contribution < 1.29 is 22.3 Å². The van der Waals surface area contributed by atoms with Gasteiger partial charge in [-0.25, -0.2) is 27.2 Å². The number of hydrogen-bond donors (Lipinski definition) is 2. The van der Waals surface area contributed by atoms with E-state index in [-0.39, 0.29) is 23.6 Å². The monoisotopic (exact) mass is 357 g/mol. The second-order valence-corrected chi connectivity index (χ2v) is 8.04. The first kappa shape index (κ1) is 17.0. The van der Waals surface area contributed by atoms with Crippen LogP contribution < -0.4 is 5.32 Å². The lowest BCUT2D eigenvalue weighted by molar-refractivity contribution is -0.135. The number of aromatic nitrogens is 2. The first-order chi connectivity index (χ1) is 11.2. The Labute approximate surface area is 137 Å². The topological polar surface area (TPSA) is 92.2 Å². The van der Waals surface area contributed by atoms with Gasteiger partial charge in [0.1, 0.15) is 18.2 Å². The Kier molecular flexibility index (Phi) is 4.16. The quantitative estimate of drug-likeness (QED) is 0.873. The van der Waals surface area contributed by atoms with Crippen molar-refractivity contribution in [3.63, 3.8) is 0 Å². The predicted molar refractivity (Wildman–Crippen MR) is 84.9 cm³/mol. The van der Waals surface area contributed by atoms with Crippen LogP contribution in [0.5, 0.6) is 0 Å². The highest BCUT2D eigenvalue weighted by Gasteiger charge is 2.46. The average molecular weight is 357 g/mol. The number of rotatable bonds is 3. The number of nitrogens with one attached hydrogen (secondary N) is 1. The van der Waals surface area contributed by atoms with E-state index in [4.69, 9.17) is 0 Å². The molecule has 6 nitrogen and oxygen atoms in total. The highest BCUT2D eigenvalue weighted by atomic mass is 32.2. The molecule has 1 aliphatic carbocycles. The molecular weight excluding hydrogens is 340 g/mol. The van der Waals surface area contributed by atoms with Gasteiger partial charge in [-0.2, -0.15) is 0 Å². The minimum Gasteiger partial charge on any atom is -0.385 e. The van der Waals surface area contributed by atoms with Crippen LogP contribution in [0, 0.1) is 0 Å². The molecule has 130 valence electrons. The minimum atomic E-state index is -3.43. The summed E-state index contributed by atoms with van der Waals surface area (Å²) in [6, 6.07) is 3.50. The van der Waals surface area contributed by atoms with Gasteiger partial charge in [0.2, 0.25) is 0 Å². The number of sulfone groups is 1. The molecule has 0 radical (unpaired) electrons. The Morgan fingerprint density at radius 2 is 2.08 bits per heavy atom. The number of aliphatic hydroxyl groups is 1. The molecule has 9 heteroatoms. The fourth-order valence-corrected chi connectivity index (χ4v) is 3.51. The van der Waals surface area contributed by atoms with E-state index >= 15 is 0 Å². The zero-order valence-electron chi connectivity index (χ0n) is 12.9. The molecule has 0 unspecified atom stereocenters. The summed E-state index contributed by atoms with van der Waals surface area (Å²) in [5.74, 6) is -2.93. The fraction of sp³-hybridized carbons (Fsp3) is 0.467. The maximum atomic E-state index is 13.7. The number of aliphatic hydroxyl groups excluding tert-OH is 1. The van der Waals surface area contributed by atoms with E-state index in [1.165, 1.54) is 24.5 Å². The van der Waals surface area contributed by atoms with Crippen LogP contribution in [-0.2, 0) is 9.84 Å². The second-order valence-electron chi connectivity index (χ2n) is 6.02. The van der Waals surface area contributed by atoms with Crippen LogP contribution in [-0.4, -0.2) is 47.8 Å². The van der Waals surface area contributed by atoms with Crippen LogP contribution in [0.3, 0.4) is 0 Å². The summed E-state index contributed by atoms with van der Waals surface area (Å²) in [4.78, 5) is 8.17. The molecule has 0 aliphatic heterocycles. The van der Waals surface area contributed by atoms with Gasteiger partial charge in [-0.05, 0) is 31.0 Å². The van der Waals surface area contributed by atoms with Gasteiger partial charge in [0, 0.05) is 18.1 Å². The highest BCUT2D eigenvalue weighted by Crippen LogP contribution is 2.35. The molecule has 0 saturated heterocycles. The minimum absolute atomic E-state index is 0.0855. The van der Waals surface area contributed by atoms with E-state index in [9.17, 15) is 22.3 Å². The number of anilines is 1. The Bertz CT molecular complexity index is 873. The third-order valence-corrected chi connectivity index (χ3v) is 5.31. The number of fused-ring (bicyclic) bond motifs is 1. The number of halogens is 2. The molecule has 24 heavy (non-hydrogen) atoms. The van der Waals surface area contributed by atoms with E-state index in [1.807, 2.05) is 0 Å². The van der Waals surface area contributed by atoms with Crippen molar-refractivity contribution in [1.29, 1.82) is 0 Å². The standard InChI is InChI=1S/C15H17F2N3O3S/c1-24(22,23)9-4-5-11-10(7-9)14(19-8-18-11)20-12-3-2-6-15(16,17)13(12)21/h4-5,7-8,12-13,21H,2-3,6H2,1H3,(H,18,19,20)/t12-,13+/m1/s1. The molecule has 3 rings (SSSR count). The summed E-state index contributed by atoms with van der Waals surface area (Å²) < 4.78 is 50.8. The maximum Gasteiger partial charge on any atom is 0.275 e. The van der Waals surface area contributed by atoms with Crippen LogP contribution >= 0.6 is 0 Å². The molecule has 0 spiro atoms. The molecule has 1 fully saturated rings. The van der Waals surface area contributed by atoms with Gasteiger partial charge >= 0.3 is 0 Å². The van der Waals surface area contributed by atoms with Gasteiger partial charge in [-0.3, -0.25) is 0 Å². The summed E-state index contributed by atoms with van der Waals surface area (Å²) in [6.07, 6.45) is 0.811. The predicted octanol–water partition coefficient (Wildman–Crippen LogP) is 1.99. The number of nitrogens with zero attached hydrogens (tertiary/aromatic N) is 2. The summed E-state index contributed by atoms with van der Waals surface area (Å²) in [7, 11) is -3.43. The number of alkyl halides is 2. The zero-order chi connectivity index (χ0) is 17.5. The van der Waals surface area contributed by atoms with E-state index in [0.29, 0.717) is 17.3 Å². The molecule has 0 amide bonds. The third kappa shape index (κ3) is 3.18. The van der Waals surface area contributed by atoms with Crippen LogP contribution in [0.2, 0.25) is 0 Å². The highest BCUT2D eigenvalue weighted by molar-refractivity contribution is 7.90. The van der Waals surface area contributed by atoms with E-state index in [0.717, 1.165) is 6.26 Å². The second kappa shape index (κ2) is 5.89. The summed E-state index contributed by atoms with van der Waals surface area (Å²) >= 11 is 0. The normalized spacial score (nSPS) is 24.0. The van der Waals surface area contributed by atoms with Crippen LogP contribution in [0.25, 0.3) is 10.9 Å². The Balaban J connectivity index is 2.00. The lowest BCUT2D eigenvalue weighted by atomic mass is 9.89. The molecule has 2 atom stereocenters. The summed E-state index contributed by atoms with van der Waals surface area (Å²) in [5, 5.41) is 13.1. The van der Waals surface area contributed by atoms with Crippen molar-refractivity contribution in [3.8, 4) is 0 Å². The van der Waals surface area contributed by atoms with Crippen molar-refractivity contribution in [2.24, 2.45) is 0 Å². The van der Waals surface area contributed by atoms with Crippen LogP contribution in [0.1, 0.15) is 19.3 Å². The third-order valence-electron chi connectivity index (χ3n) is 4.20. The van der Waals surface area contributed by atoms with Gasteiger partial charge in [0.25, 0.3) is 5.92 Å². The van der Waals surface area contributed by atoms with Crippen molar-refractivity contribution in [1.82, 2.24) is 9.97 Å². The first-order valence-electron chi connectivity index (χ1n) is 7.46. The number of hydrogen-bond acceptors (Lipinski definition) is 6. The molecule has 1 aromatic heterocycles. The number of benzene rings is 1. The lowest BCUT2D eigenvalue weighted by Crippen LogP contribution is -2.49. The molecule has 1 aliphatic rings. The van der Waals surface area contributed by atoms with Gasteiger partial charge in [0.15, 0.2) is 9.84 Å². The van der Waals surface area contributed by atoms with E-state index < -0.39 is 27.9 Å². The molecular formula is C15H17F2N3O3S. The van der Waals surface area contributed by atoms with Crippen LogP contribution in [0.4, 0.5) is 14.6 Å². The van der Waals surface area contributed by atoms with Crippen molar-refractivity contribution in [2.45, 2.75) is 42.2 Å². The SMILES string of the molecule is CS(=O)(=O)c1ccc2ncnc(N[C@@H]3CCCC(F)(F)[C@H]3O)c2c1. The molecule has 1 heterocycles. The molecule has 0 bridgehead atoms.